The number of hydrogen-bond acceptors (Lipinski definition) is 1. The Morgan fingerprint density at radius 1 is 0.372 bits per heavy atom. The van der Waals surface area contributed by atoms with Crippen LogP contribution in [0.25, 0.3) is 109 Å². The van der Waals surface area contributed by atoms with Gasteiger partial charge in [0.25, 0.3) is 0 Å². The predicted molar refractivity (Wildman–Crippen MR) is 181 cm³/mol. The molecule has 0 spiro atoms. The maximum Gasteiger partial charge on any atom is 0.145 e. The van der Waals surface area contributed by atoms with Crippen molar-refractivity contribution in [1.82, 2.24) is 8.80 Å². The summed E-state index contributed by atoms with van der Waals surface area (Å²) in [6.07, 6.45) is 0. The molecular formula is C40H20N2O. The Hall–Kier alpha value is -5.80. The number of nitrogens with zero attached hydrogens (tertiary/aromatic N) is 2. The highest BCUT2D eigenvalue weighted by Gasteiger charge is 2.24. The average Bonchev–Trinajstić information content (AvgIpc) is 3.84. The van der Waals surface area contributed by atoms with Crippen LogP contribution < -0.4 is 0 Å². The van der Waals surface area contributed by atoms with Crippen molar-refractivity contribution >= 4 is 109 Å². The molecule has 0 aliphatic carbocycles. The lowest BCUT2D eigenvalue weighted by Crippen LogP contribution is -1.85. The molecule has 0 saturated heterocycles. The zero-order valence-corrected chi connectivity index (χ0v) is 22.8. The number of hydrogen-bond donors (Lipinski definition) is 0. The van der Waals surface area contributed by atoms with Crippen LogP contribution in [0.15, 0.2) is 126 Å². The first-order valence-corrected chi connectivity index (χ1v) is 14.9. The molecule has 0 atom stereocenters. The fraction of sp³-hybridized carbons (Fsp3) is 0. The normalized spacial score (nSPS) is 13.1. The first-order valence-electron chi connectivity index (χ1n) is 14.9. The van der Waals surface area contributed by atoms with Crippen LogP contribution in [0.4, 0.5) is 0 Å². The van der Waals surface area contributed by atoms with E-state index in [1.54, 1.807) is 0 Å². The summed E-state index contributed by atoms with van der Waals surface area (Å²) in [5, 5.41) is 15.2. The fourth-order valence-electron chi connectivity index (χ4n) is 8.46. The number of furan rings is 1. The van der Waals surface area contributed by atoms with Crippen LogP contribution in [-0.4, -0.2) is 8.80 Å². The monoisotopic (exact) mass is 544 g/mol. The van der Waals surface area contributed by atoms with Gasteiger partial charge in [-0.3, -0.25) is 0 Å². The summed E-state index contributed by atoms with van der Waals surface area (Å²) in [7, 11) is 0. The third-order valence-electron chi connectivity index (χ3n) is 10.1. The Bertz CT molecular complexity index is 3170. The summed E-state index contributed by atoms with van der Waals surface area (Å²) in [5.41, 5.74) is 9.46. The highest BCUT2D eigenvalue weighted by atomic mass is 16.3. The lowest BCUT2D eigenvalue weighted by molar-refractivity contribution is 0.673. The first kappa shape index (κ1) is 21.0. The Morgan fingerprint density at radius 2 is 0.977 bits per heavy atom. The van der Waals surface area contributed by atoms with Gasteiger partial charge in [-0.25, -0.2) is 0 Å². The number of aromatic nitrogens is 2. The van der Waals surface area contributed by atoms with Crippen LogP contribution in [0.1, 0.15) is 0 Å². The van der Waals surface area contributed by atoms with E-state index in [1.165, 1.54) is 97.7 Å². The minimum absolute atomic E-state index is 0.936. The molecule has 0 N–H and O–H groups in total. The molecule has 12 rings (SSSR count). The van der Waals surface area contributed by atoms with Gasteiger partial charge in [0.15, 0.2) is 0 Å². The lowest BCUT2D eigenvalue weighted by atomic mass is 10.0. The molecule has 0 fully saturated rings. The van der Waals surface area contributed by atoms with Crippen LogP contribution >= 0.6 is 0 Å². The maximum atomic E-state index is 6.56. The van der Waals surface area contributed by atoms with Crippen molar-refractivity contribution in [3.8, 4) is 0 Å². The standard InChI is InChI=1S/C40H20N2O/c1-2-8-22-21(7-1)15-16-27-24-10-5-11-25-31-19-30-26-12-6-13-29-36-32(18-17-28-23-9-3-4-14-35(23)43-40(28)36)41(39(26)29)33(30)20-34(31)42(37(22)27)38(24)25/h1-20H. The summed E-state index contributed by atoms with van der Waals surface area (Å²) in [6, 6.07) is 44.6. The number of benzene rings is 7. The molecule has 196 valence electrons. The van der Waals surface area contributed by atoms with E-state index in [0.29, 0.717) is 0 Å². The quantitative estimate of drug-likeness (QED) is 0.186. The Morgan fingerprint density at radius 3 is 1.84 bits per heavy atom. The van der Waals surface area contributed by atoms with Crippen LogP contribution in [0.5, 0.6) is 0 Å². The van der Waals surface area contributed by atoms with Gasteiger partial charge in [-0.1, -0.05) is 91.0 Å². The summed E-state index contributed by atoms with van der Waals surface area (Å²) < 4.78 is 11.6. The molecule has 5 aromatic heterocycles. The molecule has 0 unspecified atom stereocenters. The van der Waals surface area contributed by atoms with Gasteiger partial charge in [-0.15, -0.1) is 0 Å². The molecule has 7 aromatic carbocycles. The van der Waals surface area contributed by atoms with Gasteiger partial charge in [0, 0.05) is 53.9 Å². The fourth-order valence-corrected chi connectivity index (χ4v) is 8.46. The van der Waals surface area contributed by atoms with E-state index >= 15 is 0 Å². The van der Waals surface area contributed by atoms with Crippen LogP contribution in [0, 0.1) is 0 Å². The highest BCUT2D eigenvalue weighted by Crippen LogP contribution is 2.47. The highest BCUT2D eigenvalue weighted by molar-refractivity contribution is 6.32. The first-order chi connectivity index (χ1) is 21.3. The molecular weight excluding hydrogens is 524 g/mol. The van der Waals surface area contributed by atoms with Crippen LogP contribution in [0.2, 0.25) is 0 Å². The third kappa shape index (κ3) is 2.22. The molecule has 3 heteroatoms. The molecule has 0 aliphatic heterocycles. The summed E-state index contributed by atoms with van der Waals surface area (Å²) in [5.74, 6) is 0. The van der Waals surface area contributed by atoms with E-state index in [2.05, 4.69) is 124 Å². The minimum atomic E-state index is 0.936. The zero-order chi connectivity index (χ0) is 27.6. The molecule has 0 amide bonds. The van der Waals surface area contributed by atoms with Crippen LogP contribution in [-0.2, 0) is 0 Å². The van der Waals surface area contributed by atoms with Gasteiger partial charge in [0.05, 0.1) is 38.5 Å². The molecule has 12 aromatic rings. The van der Waals surface area contributed by atoms with E-state index in [4.69, 9.17) is 4.42 Å². The zero-order valence-electron chi connectivity index (χ0n) is 22.8. The SMILES string of the molecule is c1ccc2c(c1)ccc1c3cccc4c5cc6c7cccc8c9c%10oc%11ccccc%11c%10ccc9n(c6cc5n(c21)c43)c78. The summed E-state index contributed by atoms with van der Waals surface area (Å²) in [4.78, 5) is 0. The lowest BCUT2D eigenvalue weighted by Gasteiger charge is -2.04. The largest absolute Gasteiger partial charge is 0.455 e. The van der Waals surface area contributed by atoms with E-state index in [0.717, 1.165) is 11.2 Å². The Balaban J connectivity index is 1.35. The molecule has 5 heterocycles. The predicted octanol–water partition coefficient (Wildman–Crippen LogP) is 11.0. The average molecular weight is 545 g/mol. The van der Waals surface area contributed by atoms with Crippen molar-refractivity contribution in [3.05, 3.63) is 121 Å². The van der Waals surface area contributed by atoms with Crippen LogP contribution in [0.3, 0.4) is 0 Å². The second-order valence-electron chi connectivity index (χ2n) is 12.1. The van der Waals surface area contributed by atoms with Gasteiger partial charge in [-0.05, 0) is 35.7 Å². The second-order valence-corrected chi connectivity index (χ2v) is 12.1. The van der Waals surface area contributed by atoms with Crippen molar-refractivity contribution in [2.75, 3.05) is 0 Å². The van der Waals surface area contributed by atoms with E-state index < -0.39 is 0 Å². The molecule has 0 aliphatic rings. The number of para-hydroxylation sites is 3. The van der Waals surface area contributed by atoms with E-state index in [9.17, 15) is 0 Å². The van der Waals surface area contributed by atoms with E-state index in [1.807, 2.05) is 6.07 Å². The topological polar surface area (TPSA) is 22.0 Å². The second kappa shape index (κ2) is 6.80. The summed E-state index contributed by atoms with van der Waals surface area (Å²) >= 11 is 0. The van der Waals surface area contributed by atoms with Crippen molar-refractivity contribution in [3.63, 3.8) is 0 Å². The molecule has 0 radical (unpaired) electrons. The van der Waals surface area contributed by atoms with Gasteiger partial charge in [0.1, 0.15) is 11.2 Å². The maximum absolute atomic E-state index is 6.56. The van der Waals surface area contributed by atoms with Gasteiger partial charge >= 0.3 is 0 Å². The number of rotatable bonds is 0. The molecule has 3 nitrogen and oxygen atoms in total. The minimum Gasteiger partial charge on any atom is -0.455 e. The molecule has 0 saturated carbocycles. The molecule has 43 heavy (non-hydrogen) atoms. The van der Waals surface area contributed by atoms with Crippen molar-refractivity contribution in [1.29, 1.82) is 0 Å². The Kier molecular flexibility index (Phi) is 3.32. The van der Waals surface area contributed by atoms with Gasteiger partial charge in [0.2, 0.25) is 0 Å². The third-order valence-corrected chi connectivity index (χ3v) is 10.1. The summed E-state index contributed by atoms with van der Waals surface area (Å²) in [6.45, 7) is 0. The number of fused-ring (bicyclic) bond motifs is 18. The Labute approximate surface area is 243 Å². The van der Waals surface area contributed by atoms with Crippen molar-refractivity contribution in [2.45, 2.75) is 0 Å². The van der Waals surface area contributed by atoms with Gasteiger partial charge in [-0.2, -0.15) is 0 Å². The smallest absolute Gasteiger partial charge is 0.145 e. The van der Waals surface area contributed by atoms with Crippen molar-refractivity contribution in [2.24, 2.45) is 0 Å². The van der Waals surface area contributed by atoms with Gasteiger partial charge < -0.3 is 13.2 Å². The molecule has 0 bridgehead atoms. The van der Waals surface area contributed by atoms with E-state index in [-0.39, 0.29) is 0 Å². The van der Waals surface area contributed by atoms with Crippen molar-refractivity contribution < 1.29 is 4.42 Å².